The van der Waals surface area contributed by atoms with E-state index in [0.29, 0.717) is 11.8 Å². The van der Waals surface area contributed by atoms with Crippen molar-refractivity contribution in [3.63, 3.8) is 0 Å². The quantitative estimate of drug-likeness (QED) is 0.846. The van der Waals surface area contributed by atoms with E-state index in [4.69, 9.17) is 0 Å². The van der Waals surface area contributed by atoms with Crippen LogP contribution in [0.4, 0.5) is 0 Å². The Bertz CT molecular complexity index is 385. The standard InChI is InChI=1S/C14H21BrOS/c1-9-4-5-10(12(16)8-9)14(2,3)13-11(15)6-7-17-13/h6-7,9-10,12,16H,4-5,8H2,1-3H3. The zero-order valence-electron chi connectivity index (χ0n) is 10.7. The highest BCUT2D eigenvalue weighted by molar-refractivity contribution is 9.10. The summed E-state index contributed by atoms with van der Waals surface area (Å²) >= 11 is 5.42. The molecule has 1 aliphatic carbocycles. The fourth-order valence-corrected chi connectivity index (χ4v) is 5.19. The summed E-state index contributed by atoms with van der Waals surface area (Å²) in [4.78, 5) is 1.37. The van der Waals surface area contributed by atoms with Gasteiger partial charge in [0.15, 0.2) is 0 Å². The normalized spacial score (nSPS) is 30.5. The lowest BCUT2D eigenvalue weighted by atomic mass is 9.67. The van der Waals surface area contributed by atoms with Crippen molar-refractivity contribution in [1.29, 1.82) is 0 Å². The zero-order chi connectivity index (χ0) is 12.6. The largest absolute Gasteiger partial charge is 0.393 e. The van der Waals surface area contributed by atoms with Gasteiger partial charge in [-0.25, -0.2) is 0 Å². The summed E-state index contributed by atoms with van der Waals surface area (Å²) in [6.07, 6.45) is 3.19. The van der Waals surface area contributed by atoms with Crippen LogP contribution in [0.2, 0.25) is 0 Å². The first-order valence-electron chi connectivity index (χ1n) is 6.34. The molecule has 96 valence electrons. The van der Waals surface area contributed by atoms with Crippen molar-refractivity contribution in [3.05, 3.63) is 20.8 Å². The number of aliphatic hydroxyl groups is 1. The molecule has 0 saturated heterocycles. The molecule has 0 bridgehead atoms. The highest BCUT2D eigenvalue weighted by Gasteiger charge is 2.40. The van der Waals surface area contributed by atoms with Crippen molar-refractivity contribution in [2.75, 3.05) is 0 Å². The summed E-state index contributed by atoms with van der Waals surface area (Å²) in [6, 6.07) is 2.11. The van der Waals surface area contributed by atoms with E-state index >= 15 is 0 Å². The molecule has 1 aromatic heterocycles. The summed E-state index contributed by atoms with van der Waals surface area (Å²) in [6.45, 7) is 6.79. The first-order valence-corrected chi connectivity index (χ1v) is 8.01. The molecule has 1 nitrogen and oxygen atoms in total. The van der Waals surface area contributed by atoms with Crippen LogP contribution in [0, 0.1) is 11.8 Å². The van der Waals surface area contributed by atoms with E-state index in [1.807, 2.05) is 0 Å². The van der Waals surface area contributed by atoms with E-state index in [1.165, 1.54) is 15.8 Å². The van der Waals surface area contributed by atoms with Gasteiger partial charge in [-0.1, -0.05) is 27.2 Å². The molecule has 0 radical (unpaired) electrons. The van der Waals surface area contributed by atoms with Gasteiger partial charge >= 0.3 is 0 Å². The predicted molar refractivity (Wildman–Crippen MR) is 77.6 cm³/mol. The Morgan fingerprint density at radius 3 is 2.65 bits per heavy atom. The van der Waals surface area contributed by atoms with Crippen LogP contribution in [-0.4, -0.2) is 11.2 Å². The summed E-state index contributed by atoms with van der Waals surface area (Å²) in [5.41, 5.74) is 0.0621. The molecule has 1 fully saturated rings. The Morgan fingerprint density at radius 2 is 2.12 bits per heavy atom. The maximum Gasteiger partial charge on any atom is 0.0579 e. The number of thiophene rings is 1. The highest BCUT2D eigenvalue weighted by Crippen LogP contribution is 2.46. The minimum atomic E-state index is -0.150. The van der Waals surface area contributed by atoms with E-state index in [2.05, 4.69) is 48.1 Å². The van der Waals surface area contributed by atoms with Crippen molar-refractivity contribution in [3.8, 4) is 0 Å². The summed E-state index contributed by atoms with van der Waals surface area (Å²) in [5, 5.41) is 12.5. The Labute approximate surface area is 116 Å². The predicted octanol–water partition coefficient (Wildman–Crippen LogP) is 4.59. The lowest BCUT2D eigenvalue weighted by Gasteiger charge is -2.41. The minimum absolute atomic E-state index is 0.0621. The van der Waals surface area contributed by atoms with Crippen molar-refractivity contribution < 1.29 is 5.11 Å². The molecule has 1 heterocycles. The lowest BCUT2D eigenvalue weighted by Crippen LogP contribution is -2.40. The van der Waals surface area contributed by atoms with Gasteiger partial charge in [-0.2, -0.15) is 0 Å². The van der Waals surface area contributed by atoms with Gasteiger partial charge < -0.3 is 5.11 Å². The van der Waals surface area contributed by atoms with Gasteiger partial charge in [0.25, 0.3) is 0 Å². The van der Waals surface area contributed by atoms with Crippen LogP contribution < -0.4 is 0 Å². The number of hydrogen-bond acceptors (Lipinski definition) is 2. The molecule has 3 atom stereocenters. The van der Waals surface area contributed by atoms with Crippen LogP contribution >= 0.6 is 27.3 Å². The molecule has 0 amide bonds. The number of rotatable bonds is 2. The van der Waals surface area contributed by atoms with Crippen LogP contribution in [0.5, 0.6) is 0 Å². The van der Waals surface area contributed by atoms with Crippen LogP contribution in [0.25, 0.3) is 0 Å². The molecule has 0 aromatic carbocycles. The molecule has 1 N–H and O–H groups in total. The molecule has 3 heteroatoms. The van der Waals surface area contributed by atoms with Crippen molar-refractivity contribution in [2.45, 2.75) is 51.6 Å². The Kier molecular flexibility index (Phi) is 4.01. The van der Waals surface area contributed by atoms with Gasteiger partial charge in [0.2, 0.25) is 0 Å². The van der Waals surface area contributed by atoms with Gasteiger partial charge in [0, 0.05) is 14.8 Å². The van der Waals surface area contributed by atoms with E-state index in [-0.39, 0.29) is 11.5 Å². The van der Waals surface area contributed by atoms with Gasteiger partial charge in [0.1, 0.15) is 0 Å². The second-order valence-electron chi connectivity index (χ2n) is 5.91. The fourth-order valence-electron chi connectivity index (χ4n) is 3.11. The van der Waals surface area contributed by atoms with Gasteiger partial charge in [-0.15, -0.1) is 11.3 Å². The highest BCUT2D eigenvalue weighted by atomic mass is 79.9. The lowest BCUT2D eigenvalue weighted by molar-refractivity contribution is 0.0151. The summed E-state index contributed by atoms with van der Waals surface area (Å²) in [7, 11) is 0. The molecule has 3 unspecified atom stereocenters. The topological polar surface area (TPSA) is 20.2 Å². The molecule has 2 rings (SSSR count). The Hall–Kier alpha value is 0.140. The van der Waals surface area contributed by atoms with Crippen molar-refractivity contribution in [1.82, 2.24) is 0 Å². The third-order valence-electron chi connectivity index (χ3n) is 4.21. The molecule has 0 spiro atoms. The first-order chi connectivity index (χ1) is 7.93. The number of aliphatic hydroxyl groups excluding tert-OH is 1. The van der Waals surface area contributed by atoms with Crippen molar-refractivity contribution in [2.24, 2.45) is 11.8 Å². The summed E-state index contributed by atoms with van der Waals surface area (Å²) in [5.74, 6) is 1.05. The van der Waals surface area contributed by atoms with E-state index in [1.54, 1.807) is 11.3 Å². The Balaban J connectivity index is 2.24. The minimum Gasteiger partial charge on any atom is -0.393 e. The van der Waals surface area contributed by atoms with Crippen LogP contribution in [0.1, 0.15) is 44.9 Å². The monoisotopic (exact) mass is 316 g/mol. The third-order valence-corrected chi connectivity index (χ3v) is 6.39. The second-order valence-corrected chi connectivity index (χ2v) is 7.68. The van der Waals surface area contributed by atoms with Gasteiger partial charge in [0.05, 0.1) is 6.10 Å². The van der Waals surface area contributed by atoms with Crippen LogP contribution in [0.15, 0.2) is 15.9 Å². The molecule has 1 aromatic rings. The van der Waals surface area contributed by atoms with Crippen LogP contribution in [-0.2, 0) is 5.41 Å². The maximum absolute atomic E-state index is 10.4. The van der Waals surface area contributed by atoms with Crippen molar-refractivity contribution >= 4 is 27.3 Å². The SMILES string of the molecule is CC1CCC(C(C)(C)c2sccc2Br)C(O)C1. The average Bonchev–Trinajstić information content (AvgIpc) is 2.64. The second kappa shape index (κ2) is 5.02. The molecule has 17 heavy (non-hydrogen) atoms. The smallest absolute Gasteiger partial charge is 0.0579 e. The van der Waals surface area contributed by atoms with E-state index < -0.39 is 0 Å². The van der Waals surface area contributed by atoms with Gasteiger partial charge in [-0.05, 0) is 52.1 Å². The van der Waals surface area contributed by atoms with E-state index in [0.717, 1.165) is 12.8 Å². The zero-order valence-corrected chi connectivity index (χ0v) is 13.1. The fraction of sp³-hybridized carbons (Fsp3) is 0.714. The molecular formula is C14H21BrOS. The summed E-state index contributed by atoms with van der Waals surface area (Å²) < 4.78 is 1.19. The number of halogens is 1. The average molecular weight is 317 g/mol. The molecule has 0 aliphatic heterocycles. The number of hydrogen-bond donors (Lipinski definition) is 1. The molecular weight excluding hydrogens is 296 g/mol. The Morgan fingerprint density at radius 1 is 1.41 bits per heavy atom. The first kappa shape index (κ1) is 13.6. The maximum atomic E-state index is 10.4. The van der Waals surface area contributed by atoms with Gasteiger partial charge in [-0.3, -0.25) is 0 Å². The molecule has 1 saturated carbocycles. The third kappa shape index (κ3) is 2.61. The van der Waals surface area contributed by atoms with E-state index in [9.17, 15) is 5.11 Å². The molecule has 1 aliphatic rings. The van der Waals surface area contributed by atoms with Crippen LogP contribution in [0.3, 0.4) is 0 Å².